The van der Waals surface area contributed by atoms with Crippen LogP contribution in [0.15, 0.2) is 54.6 Å². The quantitative estimate of drug-likeness (QED) is 0.655. The minimum absolute atomic E-state index is 0.00165. The normalized spacial score (nSPS) is 15.2. The van der Waals surface area contributed by atoms with Crippen molar-refractivity contribution in [3.8, 4) is 5.75 Å². The maximum absolute atomic E-state index is 12.2. The van der Waals surface area contributed by atoms with Gasteiger partial charge in [-0.05, 0) is 29.7 Å². The summed E-state index contributed by atoms with van der Waals surface area (Å²) in [7, 11) is -3.50. The molecule has 0 atom stereocenters. The number of primary sulfonamides is 1. The number of piperazine rings is 1. The van der Waals surface area contributed by atoms with Gasteiger partial charge in [-0.2, -0.15) is 0 Å². The van der Waals surface area contributed by atoms with Gasteiger partial charge in [-0.3, -0.25) is 9.69 Å². The lowest BCUT2D eigenvalue weighted by molar-refractivity contribution is -0.133. The molecule has 1 amide bonds. The average molecular weight is 432 g/mol. The molecule has 8 heteroatoms. The van der Waals surface area contributed by atoms with Crippen LogP contribution in [-0.2, 0) is 28.0 Å². The third-order valence-electron chi connectivity index (χ3n) is 5.12. The van der Waals surface area contributed by atoms with E-state index in [4.69, 9.17) is 9.88 Å². The molecule has 30 heavy (non-hydrogen) atoms. The number of ether oxygens (including phenoxy) is 1. The summed E-state index contributed by atoms with van der Waals surface area (Å²) in [5.74, 6) is 0.694. The van der Waals surface area contributed by atoms with Crippen molar-refractivity contribution < 1.29 is 17.9 Å². The van der Waals surface area contributed by atoms with Crippen LogP contribution >= 0.6 is 0 Å². The standard InChI is InChI=1S/C22H29N3O4S/c23-30(27,28)16-4-7-22(26)25-14-12-24(13-15-25)17-19-8-10-21(11-9-19)29-18-20-5-2-1-3-6-20/h1-3,5-6,8-11H,4,7,12-18H2,(H2,23,27,28). The van der Waals surface area contributed by atoms with Crippen molar-refractivity contribution in [1.29, 1.82) is 0 Å². The largest absolute Gasteiger partial charge is 0.489 e. The number of rotatable bonds is 9. The second-order valence-electron chi connectivity index (χ2n) is 7.55. The number of hydrogen-bond acceptors (Lipinski definition) is 5. The van der Waals surface area contributed by atoms with Crippen LogP contribution in [0.5, 0.6) is 5.75 Å². The van der Waals surface area contributed by atoms with Gasteiger partial charge in [-0.15, -0.1) is 0 Å². The molecule has 2 aromatic carbocycles. The molecule has 7 nitrogen and oxygen atoms in total. The highest BCUT2D eigenvalue weighted by Gasteiger charge is 2.21. The van der Waals surface area contributed by atoms with E-state index in [1.165, 1.54) is 5.56 Å². The minimum Gasteiger partial charge on any atom is -0.489 e. The van der Waals surface area contributed by atoms with Gasteiger partial charge in [-0.1, -0.05) is 42.5 Å². The van der Waals surface area contributed by atoms with Gasteiger partial charge in [0.25, 0.3) is 0 Å². The summed E-state index contributed by atoms with van der Waals surface area (Å²) >= 11 is 0. The molecule has 1 aliphatic heterocycles. The van der Waals surface area contributed by atoms with E-state index in [9.17, 15) is 13.2 Å². The fourth-order valence-electron chi connectivity index (χ4n) is 3.43. The van der Waals surface area contributed by atoms with Crippen molar-refractivity contribution in [2.45, 2.75) is 26.0 Å². The van der Waals surface area contributed by atoms with E-state index in [-0.39, 0.29) is 24.5 Å². The first-order valence-corrected chi connectivity index (χ1v) is 11.9. The van der Waals surface area contributed by atoms with Gasteiger partial charge in [-0.25, -0.2) is 13.6 Å². The molecule has 0 radical (unpaired) electrons. The van der Waals surface area contributed by atoms with Gasteiger partial charge in [0.2, 0.25) is 15.9 Å². The highest BCUT2D eigenvalue weighted by molar-refractivity contribution is 7.89. The van der Waals surface area contributed by atoms with Crippen molar-refractivity contribution in [3.63, 3.8) is 0 Å². The molecule has 0 bridgehead atoms. The Morgan fingerprint density at radius 3 is 2.23 bits per heavy atom. The number of carbonyl (C=O) groups is 1. The van der Waals surface area contributed by atoms with E-state index in [0.717, 1.165) is 30.9 Å². The van der Waals surface area contributed by atoms with Gasteiger partial charge in [0, 0.05) is 39.1 Å². The molecule has 1 aliphatic rings. The second-order valence-corrected chi connectivity index (χ2v) is 9.28. The van der Waals surface area contributed by atoms with Gasteiger partial charge >= 0.3 is 0 Å². The maximum Gasteiger partial charge on any atom is 0.222 e. The molecular formula is C22H29N3O4S. The zero-order valence-corrected chi connectivity index (χ0v) is 17.9. The second kappa shape index (κ2) is 10.6. The smallest absolute Gasteiger partial charge is 0.222 e. The summed E-state index contributed by atoms with van der Waals surface area (Å²) in [6.45, 7) is 4.29. The summed E-state index contributed by atoms with van der Waals surface area (Å²) in [5.41, 5.74) is 2.34. The van der Waals surface area contributed by atoms with E-state index in [1.54, 1.807) is 4.90 Å². The van der Waals surface area contributed by atoms with Crippen LogP contribution in [0.3, 0.4) is 0 Å². The van der Waals surface area contributed by atoms with Gasteiger partial charge in [0.05, 0.1) is 5.75 Å². The van der Waals surface area contributed by atoms with E-state index >= 15 is 0 Å². The van der Waals surface area contributed by atoms with E-state index < -0.39 is 10.0 Å². The van der Waals surface area contributed by atoms with Crippen LogP contribution in [0.25, 0.3) is 0 Å². The number of nitrogens with zero attached hydrogens (tertiary/aromatic N) is 2. The predicted octanol–water partition coefficient (Wildman–Crippen LogP) is 1.98. The third kappa shape index (κ3) is 7.44. The molecule has 0 unspecified atom stereocenters. The first-order chi connectivity index (χ1) is 14.4. The molecular weight excluding hydrogens is 402 g/mol. The fourth-order valence-corrected chi connectivity index (χ4v) is 3.97. The number of carbonyl (C=O) groups excluding carboxylic acids is 1. The number of sulfonamides is 1. The van der Waals surface area contributed by atoms with Crippen LogP contribution in [0.4, 0.5) is 0 Å². The number of hydrogen-bond donors (Lipinski definition) is 1. The highest BCUT2D eigenvalue weighted by atomic mass is 32.2. The summed E-state index contributed by atoms with van der Waals surface area (Å²) in [6.07, 6.45) is 0.497. The van der Waals surface area contributed by atoms with Crippen molar-refractivity contribution in [1.82, 2.24) is 9.80 Å². The van der Waals surface area contributed by atoms with E-state index in [2.05, 4.69) is 17.0 Å². The van der Waals surface area contributed by atoms with Crippen LogP contribution in [0, 0.1) is 0 Å². The maximum atomic E-state index is 12.2. The summed E-state index contributed by atoms with van der Waals surface area (Å²) in [5, 5.41) is 4.98. The van der Waals surface area contributed by atoms with Gasteiger partial charge in [0.1, 0.15) is 12.4 Å². The van der Waals surface area contributed by atoms with Crippen molar-refractivity contribution >= 4 is 15.9 Å². The van der Waals surface area contributed by atoms with Crippen LogP contribution < -0.4 is 9.88 Å². The topological polar surface area (TPSA) is 92.9 Å². The molecule has 1 saturated heterocycles. The molecule has 1 fully saturated rings. The number of benzene rings is 2. The first-order valence-electron chi connectivity index (χ1n) is 10.2. The lowest BCUT2D eigenvalue weighted by atomic mass is 10.2. The molecule has 0 spiro atoms. The molecule has 2 N–H and O–H groups in total. The van der Waals surface area contributed by atoms with Crippen LogP contribution in [0.2, 0.25) is 0 Å². The molecule has 0 aliphatic carbocycles. The number of amides is 1. The zero-order chi connectivity index (χ0) is 21.4. The van der Waals surface area contributed by atoms with E-state index in [1.807, 2.05) is 42.5 Å². The molecule has 1 heterocycles. The van der Waals surface area contributed by atoms with Gasteiger partial charge in [0.15, 0.2) is 0 Å². The lowest BCUT2D eigenvalue weighted by Crippen LogP contribution is -2.48. The Hall–Kier alpha value is -2.42. The molecule has 0 saturated carbocycles. The summed E-state index contributed by atoms with van der Waals surface area (Å²) < 4.78 is 27.8. The average Bonchev–Trinajstić information content (AvgIpc) is 2.73. The molecule has 162 valence electrons. The molecule has 0 aromatic heterocycles. The SMILES string of the molecule is NS(=O)(=O)CCCC(=O)N1CCN(Cc2ccc(OCc3ccccc3)cc2)CC1. The Balaban J connectivity index is 1.38. The summed E-state index contributed by atoms with van der Waals surface area (Å²) in [4.78, 5) is 16.3. The Labute approximate surface area is 178 Å². The molecule has 3 rings (SSSR count). The highest BCUT2D eigenvalue weighted by Crippen LogP contribution is 2.16. The predicted molar refractivity (Wildman–Crippen MR) is 116 cm³/mol. The Kier molecular flexibility index (Phi) is 7.84. The lowest BCUT2D eigenvalue weighted by Gasteiger charge is -2.34. The number of nitrogens with two attached hydrogens (primary N) is 1. The monoisotopic (exact) mass is 431 g/mol. The Morgan fingerprint density at radius 2 is 1.60 bits per heavy atom. The van der Waals surface area contributed by atoms with Gasteiger partial charge < -0.3 is 9.64 Å². The fraction of sp³-hybridized carbons (Fsp3) is 0.409. The Morgan fingerprint density at radius 1 is 0.933 bits per heavy atom. The Bertz CT molecular complexity index is 909. The van der Waals surface area contributed by atoms with Crippen LogP contribution in [0.1, 0.15) is 24.0 Å². The van der Waals surface area contributed by atoms with Crippen molar-refractivity contribution in [3.05, 3.63) is 65.7 Å². The zero-order valence-electron chi connectivity index (χ0n) is 17.1. The third-order valence-corrected chi connectivity index (χ3v) is 5.98. The first kappa shape index (κ1) is 22.3. The van der Waals surface area contributed by atoms with Crippen molar-refractivity contribution in [2.75, 3.05) is 31.9 Å². The molecule has 2 aromatic rings. The van der Waals surface area contributed by atoms with Crippen molar-refractivity contribution in [2.24, 2.45) is 5.14 Å². The minimum atomic E-state index is -3.50. The van der Waals surface area contributed by atoms with E-state index in [0.29, 0.717) is 19.7 Å². The summed E-state index contributed by atoms with van der Waals surface area (Å²) in [6, 6.07) is 18.2. The van der Waals surface area contributed by atoms with Crippen LogP contribution in [-0.4, -0.2) is 56.1 Å².